The van der Waals surface area contributed by atoms with E-state index in [9.17, 15) is 4.57 Å². The standard InChI is InChI=1S/C18H14BrO2P/c19-15-11-13-16(14-12-15)21-22(20,17-7-3-1-4-8-17)18-9-5-2-6-10-18/h1-14H. The van der Waals surface area contributed by atoms with Crippen molar-refractivity contribution in [3.63, 3.8) is 0 Å². The number of benzene rings is 3. The molecule has 0 amide bonds. The molecule has 0 spiro atoms. The highest BCUT2D eigenvalue weighted by molar-refractivity contribution is 9.10. The molecule has 0 aliphatic carbocycles. The Morgan fingerprint density at radius 3 is 1.59 bits per heavy atom. The molecule has 0 unspecified atom stereocenters. The Morgan fingerprint density at radius 1 is 0.682 bits per heavy atom. The van der Waals surface area contributed by atoms with Crippen LogP contribution < -0.4 is 15.1 Å². The molecule has 0 radical (unpaired) electrons. The van der Waals surface area contributed by atoms with Crippen molar-refractivity contribution in [2.75, 3.05) is 0 Å². The second-order valence-electron chi connectivity index (χ2n) is 4.77. The number of hydrogen-bond acceptors (Lipinski definition) is 2. The summed E-state index contributed by atoms with van der Waals surface area (Å²) >= 11 is 3.39. The normalized spacial score (nSPS) is 11.1. The Morgan fingerprint density at radius 2 is 1.14 bits per heavy atom. The van der Waals surface area contributed by atoms with Crippen molar-refractivity contribution in [2.24, 2.45) is 0 Å². The van der Waals surface area contributed by atoms with E-state index >= 15 is 0 Å². The maximum absolute atomic E-state index is 13.6. The lowest BCUT2D eigenvalue weighted by Gasteiger charge is -2.20. The zero-order chi connectivity index (χ0) is 15.4. The summed E-state index contributed by atoms with van der Waals surface area (Å²) in [7, 11) is -3.18. The summed E-state index contributed by atoms with van der Waals surface area (Å²) in [6, 6.07) is 26.0. The van der Waals surface area contributed by atoms with Crippen LogP contribution in [0.15, 0.2) is 89.4 Å². The van der Waals surface area contributed by atoms with Gasteiger partial charge in [-0.25, -0.2) is 0 Å². The Hall–Kier alpha value is -1.83. The first-order valence-corrected chi connectivity index (χ1v) is 9.27. The fraction of sp³-hybridized carbons (Fsp3) is 0. The molecule has 0 heterocycles. The van der Waals surface area contributed by atoms with Gasteiger partial charge in [0.05, 0.1) is 10.6 Å². The smallest absolute Gasteiger partial charge is 0.306 e. The maximum atomic E-state index is 13.6. The lowest BCUT2D eigenvalue weighted by Crippen LogP contribution is -2.19. The first kappa shape index (κ1) is 15.1. The molecule has 3 rings (SSSR count). The second kappa shape index (κ2) is 6.51. The summed E-state index contributed by atoms with van der Waals surface area (Å²) in [6.45, 7) is 0. The summed E-state index contributed by atoms with van der Waals surface area (Å²) in [5.74, 6) is 0.583. The van der Waals surface area contributed by atoms with Crippen molar-refractivity contribution in [2.45, 2.75) is 0 Å². The molecule has 22 heavy (non-hydrogen) atoms. The van der Waals surface area contributed by atoms with Gasteiger partial charge in [-0.05, 0) is 48.5 Å². The van der Waals surface area contributed by atoms with E-state index < -0.39 is 7.37 Å². The summed E-state index contributed by atoms with van der Waals surface area (Å²) in [5.41, 5.74) is 0. The van der Waals surface area contributed by atoms with Crippen LogP contribution in [0, 0.1) is 0 Å². The molecule has 0 N–H and O–H groups in total. The second-order valence-corrected chi connectivity index (χ2v) is 8.00. The fourth-order valence-corrected chi connectivity index (χ4v) is 4.47. The quantitative estimate of drug-likeness (QED) is 0.617. The van der Waals surface area contributed by atoms with Crippen LogP contribution in [0.3, 0.4) is 0 Å². The SMILES string of the molecule is O=P(Oc1ccc(Br)cc1)(c1ccccc1)c1ccccc1. The third kappa shape index (κ3) is 3.16. The van der Waals surface area contributed by atoms with Crippen LogP contribution in [-0.4, -0.2) is 0 Å². The third-order valence-corrected chi connectivity index (χ3v) is 6.19. The highest BCUT2D eigenvalue weighted by Gasteiger charge is 2.29. The Kier molecular flexibility index (Phi) is 4.47. The van der Waals surface area contributed by atoms with E-state index in [0.29, 0.717) is 16.4 Å². The van der Waals surface area contributed by atoms with Gasteiger partial charge in [0.2, 0.25) is 0 Å². The van der Waals surface area contributed by atoms with Crippen molar-refractivity contribution in [3.8, 4) is 5.75 Å². The molecule has 3 aromatic rings. The molecule has 110 valence electrons. The first-order chi connectivity index (χ1) is 10.7. The van der Waals surface area contributed by atoms with E-state index in [4.69, 9.17) is 4.52 Å². The minimum atomic E-state index is -3.18. The molecule has 2 nitrogen and oxygen atoms in total. The van der Waals surface area contributed by atoms with Crippen LogP contribution >= 0.6 is 23.3 Å². The molecule has 0 aliphatic rings. The van der Waals surface area contributed by atoms with Gasteiger partial charge in [-0.2, -0.15) is 0 Å². The maximum Gasteiger partial charge on any atom is 0.306 e. The van der Waals surface area contributed by atoms with Crippen LogP contribution in [0.5, 0.6) is 5.75 Å². The molecule has 0 atom stereocenters. The van der Waals surface area contributed by atoms with Gasteiger partial charge >= 0.3 is 7.37 Å². The molecule has 0 saturated heterocycles. The van der Waals surface area contributed by atoms with Crippen molar-refractivity contribution < 1.29 is 9.09 Å². The Labute approximate surface area is 138 Å². The molecule has 3 aromatic carbocycles. The van der Waals surface area contributed by atoms with Gasteiger partial charge in [-0.3, -0.25) is 4.57 Å². The van der Waals surface area contributed by atoms with Crippen LogP contribution in [-0.2, 0) is 4.57 Å². The molecule has 0 bridgehead atoms. The third-order valence-electron chi connectivity index (χ3n) is 3.24. The van der Waals surface area contributed by atoms with Gasteiger partial charge in [-0.15, -0.1) is 0 Å². The molecular formula is C18H14BrO2P. The van der Waals surface area contributed by atoms with Gasteiger partial charge < -0.3 is 4.52 Å². The van der Waals surface area contributed by atoms with E-state index in [-0.39, 0.29) is 0 Å². The van der Waals surface area contributed by atoms with E-state index in [2.05, 4.69) is 15.9 Å². The van der Waals surface area contributed by atoms with Crippen LogP contribution in [0.2, 0.25) is 0 Å². The fourth-order valence-electron chi connectivity index (χ4n) is 2.15. The minimum absolute atomic E-state index is 0.583. The lowest BCUT2D eigenvalue weighted by molar-refractivity contribution is 0.503. The van der Waals surface area contributed by atoms with Gasteiger partial charge in [-0.1, -0.05) is 52.3 Å². The molecule has 0 aliphatic heterocycles. The number of rotatable bonds is 4. The first-order valence-electron chi connectivity index (χ1n) is 6.85. The molecule has 0 saturated carbocycles. The van der Waals surface area contributed by atoms with E-state index in [1.807, 2.05) is 84.9 Å². The summed E-state index contributed by atoms with van der Waals surface area (Å²) < 4.78 is 20.6. The van der Waals surface area contributed by atoms with Crippen molar-refractivity contribution in [3.05, 3.63) is 89.4 Å². The monoisotopic (exact) mass is 372 g/mol. The number of hydrogen-bond donors (Lipinski definition) is 0. The molecular weight excluding hydrogens is 359 g/mol. The van der Waals surface area contributed by atoms with Crippen molar-refractivity contribution in [1.29, 1.82) is 0 Å². The molecule has 0 aromatic heterocycles. The largest absolute Gasteiger partial charge is 0.437 e. The highest BCUT2D eigenvalue weighted by Crippen LogP contribution is 2.45. The van der Waals surface area contributed by atoms with Gasteiger partial charge in [0, 0.05) is 4.47 Å². The van der Waals surface area contributed by atoms with Gasteiger partial charge in [0.25, 0.3) is 0 Å². The Bertz CT molecular complexity index is 743. The predicted molar refractivity (Wildman–Crippen MR) is 94.5 cm³/mol. The number of halogens is 1. The zero-order valence-corrected chi connectivity index (χ0v) is 14.2. The van der Waals surface area contributed by atoms with Gasteiger partial charge in [0.1, 0.15) is 5.75 Å². The molecule has 4 heteroatoms. The summed E-state index contributed by atoms with van der Waals surface area (Å²) in [4.78, 5) is 0. The lowest BCUT2D eigenvalue weighted by atomic mass is 10.3. The van der Waals surface area contributed by atoms with E-state index in [1.165, 1.54) is 0 Å². The zero-order valence-electron chi connectivity index (χ0n) is 11.7. The van der Waals surface area contributed by atoms with Crippen LogP contribution in [0.1, 0.15) is 0 Å². The van der Waals surface area contributed by atoms with Crippen LogP contribution in [0.4, 0.5) is 0 Å². The Balaban J connectivity index is 2.08. The van der Waals surface area contributed by atoms with Gasteiger partial charge in [0.15, 0.2) is 0 Å². The van der Waals surface area contributed by atoms with Crippen molar-refractivity contribution in [1.82, 2.24) is 0 Å². The van der Waals surface area contributed by atoms with E-state index in [1.54, 1.807) is 0 Å². The predicted octanol–water partition coefficient (Wildman–Crippen LogP) is 4.76. The van der Waals surface area contributed by atoms with Crippen molar-refractivity contribution >= 4 is 33.9 Å². The topological polar surface area (TPSA) is 26.3 Å². The average Bonchev–Trinajstić information content (AvgIpc) is 2.58. The van der Waals surface area contributed by atoms with Crippen LogP contribution in [0.25, 0.3) is 0 Å². The minimum Gasteiger partial charge on any atom is -0.437 e. The summed E-state index contributed by atoms with van der Waals surface area (Å²) in [5, 5.41) is 1.37. The van der Waals surface area contributed by atoms with E-state index in [0.717, 1.165) is 4.47 Å². The molecule has 0 fully saturated rings. The summed E-state index contributed by atoms with van der Waals surface area (Å²) in [6.07, 6.45) is 0. The highest BCUT2D eigenvalue weighted by atomic mass is 79.9. The average molecular weight is 373 g/mol.